The highest BCUT2D eigenvalue weighted by atomic mass is 16.6. The number of hydrogen-bond donors (Lipinski definition) is 0. The van der Waals surface area contributed by atoms with Crippen LogP contribution in [0.5, 0.6) is 0 Å². The molecule has 0 saturated carbocycles. The molecule has 10 heteroatoms. The lowest BCUT2D eigenvalue weighted by Gasteiger charge is -2.34. The predicted octanol–water partition coefficient (Wildman–Crippen LogP) is 2.13. The molecule has 2 amide bonds. The van der Waals surface area contributed by atoms with E-state index < -0.39 is 4.92 Å². The van der Waals surface area contributed by atoms with Gasteiger partial charge in [-0.1, -0.05) is 18.2 Å². The van der Waals surface area contributed by atoms with Crippen molar-refractivity contribution in [1.82, 2.24) is 19.6 Å². The van der Waals surface area contributed by atoms with Gasteiger partial charge in [-0.3, -0.25) is 24.6 Å². The number of aromatic nitrogens is 2. The molecule has 2 aliphatic rings. The second-order valence-corrected chi connectivity index (χ2v) is 8.41. The van der Waals surface area contributed by atoms with Crippen LogP contribution < -0.4 is 4.90 Å². The molecular weight excluding hydrogens is 436 g/mol. The van der Waals surface area contributed by atoms with Crippen LogP contribution in [0.4, 0.5) is 11.4 Å². The van der Waals surface area contributed by atoms with E-state index in [0.717, 1.165) is 12.1 Å². The molecule has 0 bridgehead atoms. The summed E-state index contributed by atoms with van der Waals surface area (Å²) in [6.45, 7) is 3.34. The number of benzene rings is 2. The van der Waals surface area contributed by atoms with E-state index in [1.54, 1.807) is 29.3 Å². The SMILES string of the molecule is O=C(c1ccn(-c2ccc([N+](=O)[O-])cc2)n1)N1CCN(CC(=O)N2CCc3ccccc32)CC1. The fraction of sp³-hybridized carbons (Fsp3) is 0.292. The monoisotopic (exact) mass is 460 g/mol. The van der Waals surface area contributed by atoms with Gasteiger partial charge in [0.15, 0.2) is 5.69 Å². The lowest BCUT2D eigenvalue weighted by Crippen LogP contribution is -2.51. The number of nitrogens with zero attached hydrogens (tertiary/aromatic N) is 6. The number of carbonyl (C=O) groups is 2. The van der Waals surface area contributed by atoms with Crippen LogP contribution in [-0.2, 0) is 11.2 Å². The number of fused-ring (bicyclic) bond motifs is 1. The first-order valence-electron chi connectivity index (χ1n) is 11.2. The average molecular weight is 460 g/mol. The minimum Gasteiger partial charge on any atom is -0.335 e. The van der Waals surface area contributed by atoms with Gasteiger partial charge >= 0.3 is 0 Å². The van der Waals surface area contributed by atoms with Crippen LogP contribution in [-0.4, -0.2) is 75.6 Å². The third-order valence-electron chi connectivity index (χ3n) is 6.34. The number of rotatable bonds is 5. The molecule has 0 aliphatic carbocycles. The highest BCUT2D eigenvalue weighted by molar-refractivity contribution is 5.97. The molecule has 1 fully saturated rings. The van der Waals surface area contributed by atoms with Gasteiger partial charge in [0, 0.05) is 56.7 Å². The molecule has 1 saturated heterocycles. The summed E-state index contributed by atoms with van der Waals surface area (Å²) >= 11 is 0. The van der Waals surface area contributed by atoms with Crippen molar-refractivity contribution in [2.45, 2.75) is 6.42 Å². The fourth-order valence-corrected chi connectivity index (χ4v) is 4.45. The summed E-state index contributed by atoms with van der Waals surface area (Å²) in [5, 5.41) is 15.2. The second kappa shape index (κ2) is 9.06. The summed E-state index contributed by atoms with van der Waals surface area (Å²) < 4.78 is 1.53. The van der Waals surface area contributed by atoms with Crippen LogP contribution in [0, 0.1) is 10.1 Å². The quantitative estimate of drug-likeness (QED) is 0.427. The molecule has 0 radical (unpaired) electrons. The van der Waals surface area contributed by atoms with Crippen LogP contribution in [0.2, 0.25) is 0 Å². The van der Waals surface area contributed by atoms with Crippen LogP contribution in [0.1, 0.15) is 16.1 Å². The Morgan fingerprint density at radius 1 is 0.941 bits per heavy atom. The van der Waals surface area contributed by atoms with Crippen molar-refractivity contribution in [3.05, 3.63) is 82.2 Å². The molecule has 0 unspecified atom stereocenters. The highest BCUT2D eigenvalue weighted by Crippen LogP contribution is 2.27. The van der Waals surface area contributed by atoms with E-state index in [1.807, 2.05) is 23.1 Å². The van der Waals surface area contributed by atoms with Crippen molar-refractivity contribution in [1.29, 1.82) is 0 Å². The van der Waals surface area contributed by atoms with E-state index in [0.29, 0.717) is 50.6 Å². The summed E-state index contributed by atoms with van der Waals surface area (Å²) in [7, 11) is 0. The molecule has 2 aromatic carbocycles. The van der Waals surface area contributed by atoms with Crippen molar-refractivity contribution in [2.24, 2.45) is 0 Å². The van der Waals surface area contributed by atoms with E-state index in [2.05, 4.69) is 16.1 Å². The van der Waals surface area contributed by atoms with E-state index in [9.17, 15) is 19.7 Å². The maximum atomic E-state index is 12.9. The van der Waals surface area contributed by atoms with Gasteiger partial charge in [0.25, 0.3) is 11.6 Å². The third kappa shape index (κ3) is 4.27. The number of anilines is 1. The molecule has 5 rings (SSSR count). The number of carbonyl (C=O) groups excluding carboxylic acids is 2. The molecule has 3 aromatic rings. The Morgan fingerprint density at radius 2 is 1.68 bits per heavy atom. The average Bonchev–Trinajstić information content (AvgIpc) is 3.52. The van der Waals surface area contributed by atoms with Gasteiger partial charge in [0.05, 0.1) is 17.2 Å². The maximum Gasteiger partial charge on any atom is 0.274 e. The van der Waals surface area contributed by atoms with Crippen LogP contribution >= 0.6 is 0 Å². The van der Waals surface area contributed by atoms with Crippen molar-refractivity contribution in [3.8, 4) is 5.69 Å². The van der Waals surface area contributed by atoms with Crippen molar-refractivity contribution < 1.29 is 14.5 Å². The zero-order chi connectivity index (χ0) is 23.7. The molecule has 1 aromatic heterocycles. The van der Waals surface area contributed by atoms with Crippen LogP contribution in [0.25, 0.3) is 5.69 Å². The van der Waals surface area contributed by atoms with Crippen molar-refractivity contribution in [2.75, 3.05) is 44.2 Å². The van der Waals surface area contributed by atoms with Crippen LogP contribution in [0.15, 0.2) is 60.8 Å². The predicted molar refractivity (Wildman–Crippen MR) is 125 cm³/mol. The molecular formula is C24H24N6O4. The molecule has 3 heterocycles. The van der Waals surface area contributed by atoms with Crippen molar-refractivity contribution >= 4 is 23.2 Å². The molecule has 0 N–H and O–H groups in total. The fourth-order valence-electron chi connectivity index (χ4n) is 4.45. The minimum absolute atomic E-state index is 0.00232. The largest absolute Gasteiger partial charge is 0.335 e. The number of hydrogen-bond acceptors (Lipinski definition) is 6. The molecule has 0 atom stereocenters. The maximum absolute atomic E-state index is 12.9. The summed E-state index contributed by atoms with van der Waals surface area (Å²) in [4.78, 5) is 41.8. The summed E-state index contributed by atoms with van der Waals surface area (Å²) in [6.07, 6.45) is 2.55. The van der Waals surface area contributed by atoms with Crippen LogP contribution in [0.3, 0.4) is 0 Å². The number of piperazine rings is 1. The zero-order valence-corrected chi connectivity index (χ0v) is 18.5. The van der Waals surface area contributed by atoms with Gasteiger partial charge in [-0.15, -0.1) is 0 Å². The standard InChI is InChI=1S/C24H24N6O4/c31-23(28-11-9-18-3-1-2-4-22(18)28)17-26-13-15-27(16-14-26)24(32)21-10-12-29(25-21)19-5-7-20(8-6-19)30(33)34/h1-8,10,12H,9,11,13-17H2. The summed E-state index contributed by atoms with van der Waals surface area (Å²) in [6, 6.07) is 15.6. The van der Waals surface area contributed by atoms with E-state index in [-0.39, 0.29) is 17.5 Å². The van der Waals surface area contributed by atoms with Gasteiger partial charge in [-0.05, 0) is 36.2 Å². The number of nitro groups is 1. The summed E-state index contributed by atoms with van der Waals surface area (Å²) in [5.41, 5.74) is 3.16. The molecule has 10 nitrogen and oxygen atoms in total. The number of non-ortho nitro benzene ring substituents is 1. The molecule has 34 heavy (non-hydrogen) atoms. The lowest BCUT2D eigenvalue weighted by molar-refractivity contribution is -0.384. The first-order chi connectivity index (χ1) is 16.5. The Morgan fingerprint density at radius 3 is 2.41 bits per heavy atom. The second-order valence-electron chi connectivity index (χ2n) is 8.41. The zero-order valence-electron chi connectivity index (χ0n) is 18.5. The van der Waals surface area contributed by atoms with Gasteiger partial charge in [0.2, 0.25) is 5.91 Å². The number of amides is 2. The Labute approximate surface area is 196 Å². The van der Waals surface area contributed by atoms with Gasteiger partial charge in [-0.2, -0.15) is 5.10 Å². The van der Waals surface area contributed by atoms with E-state index in [4.69, 9.17) is 0 Å². The first kappa shape index (κ1) is 21.8. The molecule has 0 spiro atoms. The third-order valence-corrected chi connectivity index (χ3v) is 6.34. The smallest absolute Gasteiger partial charge is 0.274 e. The lowest BCUT2D eigenvalue weighted by atomic mass is 10.2. The Bertz CT molecular complexity index is 1230. The molecule has 2 aliphatic heterocycles. The minimum atomic E-state index is -0.459. The van der Waals surface area contributed by atoms with Gasteiger partial charge < -0.3 is 9.80 Å². The van der Waals surface area contributed by atoms with E-state index in [1.165, 1.54) is 22.4 Å². The Kier molecular flexibility index (Phi) is 5.81. The number of para-hydroxylation sites is 1. The van der Waals surface area contributed by atoms with Gasteiger partial charge in [0.1, 0.15) is 0 Å². The Hall–Kier alpha value is -4.05. The Balaban J connectivity index is 1.16. The number of nitro benzene ring substituents is 1. The van der Waals surface area contributed by atoms with Crippen molar-refractivity contribution in [3.63, 3.8) is 0 Å². The normalized spacial score (nSPS) is 15.9. The summed E-state index contributed by atoms with van der Waals surface area (Å²) in [5.74, 6) is -0.0772. The van der Waals surface area contributed by atoms with E-state index >= 15 is 0 Å². The highest BCUT2D eigenvalue weighted by Gasteiger charge is 2.28. The van der Waals surface area contributed by atoms with Gasteiger partial charge in [-0.25, -0.2) is 4.68 Å². The topological polar surface area (TPSA) is 105 Å². The first-order valence-corrected chi connectivity index (χ1v) is 11.2. The molecule has 174 valence electrons.